The standard InChI is InChI=1S/C21H29FN4O/c1-3-24(4-2)13-11-23-20(27)16-26-15-14-25-12-7-10-19(25)21(26)17-8-5-6-9-18(17)22/h5-10,12,21H,3-4,11,13-16H2,1-2H3,(H,23,27). The van der Waals surface area contributed by atoms with Gasteiger partial charge in [0.1, 0.15) is 5.82 Å². The lowest BCUT2D eigenvalue weighted by molar-refractivity contribution is -0.122. The molecule has 0 fully saturated rings. The molecule has 146 valence electrons. The Morgan fingerprint density at radius 3 is 2.70 bits per heavy atom. The van der Waals surface area contributed by atoms with Crippen LogP contribution in [0.2, 0.25) is 0 Å². The molecule has 1 atom stereocenters. The molecular formula is C21H29FN4O. The Hall–Kier alpha value is -2.18. The molecule has 0 bridgehead atoms. The van der Waals surface area contributed by atoms with Crippen molar-refractivity contribution in [1.29, 1.82) is 0 Å². The molecule has 0 aliphatic carbocycles. The maximum absolute atomic E-state index is 14.5. The van der Waals surface area contributed by atoms with Crippen LogP contribution in [0.4, 0.5) is 4.39 Å². The Kier molecular flexibility index (Phi) is 6.63. The molecular weight excluding hydrogens is 343 g/mol. The van der Waals surface area contributed by atoms with Gasteiger partial charge in [0.2, 0.25) is 5.91 Å². The molecule has 1 aliphatic heterocycles. The van der Waals surface area contributed by atoms with Crippen LogP contribution in [0.5, 0.6) is 0 Å². The summed E-state index contributed by atoms with van der Waals surface area (Å²) in [5.41, 5.74) is 1.65. The summed E-state index contributed by atoms with van der Waals surface area (Å²) in [4.78, 5) is 16.9. The third-order valence-electron chi connectivity index (χ3n) is 5.33. The first-order valence-electron chi connectivity index (χ1n) is 9.76. The highest BCUT2D eigenvalue weighted by Crippen LogP contribution is 2.33. The number of aromatic nitrogens is 1. The van der Waals surface area contributed by atoms with Gasteiger partial charge in [-0.2, -0.15) is 0 Å². The predicted molar refractivity (Wildman–Crippen MR) is 105 cm³/mol. The molecule has 3 rings (SSSR count). The van der Waals surface area contributed by atoms with E-state index in [1.54, 1.807) is 6.07 Å². The number of carbonyl (C=O) groups is 1. The first kappa shape index (κ1) is 19.6. The summed E-state index contributed by atoms with van der Waals surface area (Å²) < 4.78 is 16.7. The van der Waals surface area contributed by atoms with Crippen molar-refractivity contribution >= 4 is 5.91 Å². The quantitative estimate of drug-likeness (QED) is 0.774. The van der Waals surface area contributed by atoms with Gasteiger partial charge in [-0.3, -0.25) is 9.69 Å². The van der Waals surface area contributed by atoms with E-state index in [1.165, 1.54) is 6.07 Å². The van der Waals surface area contributed by atoms with Gasteiger partial charge in [0.05, 0.1) is 12.6 Å². The van der Waals surface area contributed by atoms with E-state index in [-0.39, 0.29) is 24.3 Å². The van der Waals surface area contributed by atoms with Crippen LogP contribution in [0.3, 0.4) is 0 Å². The second-order valence-corrected chi connectivity index (χ2v) is 6.90. The van der Waals surface area contributed by atoms with E-state index in [1.807, 2.05) is 30.5 Å². The maximum atomic E-state index is 14.5. The second-order valence-electron chi connectivity index (χ2n) is 6.90. The topological polar surface area (TPSA) is 40.5 Å². The number of hydrogen-bond acceptors (Lipinski definition) is 3. The zero-order valence-electron chi connectivity index (χ0n) is 16.2. The Morgan fingerprint density at radius 1 is 1.19 bits per heavy atom. The van der Waals surface area contributed by atoms with Gasteiger partial charge in [0.15, 0.2) is 0 Å². The molecule has 1 aromatic heterocycles. The highest BCUT2D eigenvalue weighted by atomic mass is 19.1. The van der Waals surface area contributed by atoms with Gasteiger partial charge in [0, 0.05) is 43.6 Å². The zero-order chi connectivity index (χ0) is 19.2. The third-order valence-corrected chi connectivity index (χ3v) is 5.33. The van der Waals surface area contributed by atoms with Crippen LogP contribution in [0.15, 0.2) is 42.6 Å². The van der Waals surface area contributed by atoms with E-state index in [0.717, 1.165) is 31.9 Å². The van der Waals surface area contributed by atoms with Gasteiger partial charge in [0.25, 0.3) is 0 Å². The van der Waals surface area contributed by atoms with Crippen molar-refractivity contribution < 1.29 is 9.18 Å². The number of likely N-dealkylation sites (N-methyl/N-ethyl adjacent to an activating group) is 1. The van der Waals surface area contributed by atoms with Crippen molar-refractivity contribution in [2.24, 2.45) is 0 Å². The molecule has 0 spiro atoms. The lowest BCUT2D eigenvalue weighted by Gasteiger charge is -2.37. The van der Waals surface area contributed by atoms with Crippen molar-refractivity contribution in [1.82, 2.24) is 19.7 Å². The summed E-state index contributed by atoms with van der Waals surface area (Å²) in [7, 11) is 0. The third kappa shape index (κ3) is 4.57. The summed E-state index contributed by atoms with van der Waals surface area (Å²) >= 11 is 0. The predicted octanol–water partition coefficient (Wildman–Crippen LogP) is 2.49. The van der Waals surface area contributed by atoms with Crippen molar-refractivity contribution in [2.45, 2.75) is 26.4 Å². The van der Waals surface area contributed by atoms with Gasteiger partial charge < -0.3 is 14.8 Å². The fourth-order valence-electron chi connectivity index (χ4n) is 3.79. The smallest absolute Gasteiger partial charge is 0.234 e. The summed E-state index contributed by atoms with van der Waals surface area (Å²) in [5.74, 6) is -0.243. The number of rotatable bonds is 8. The molecule has 2 heterocycles. The zero-order valence-corrected chi connectivity index (χ0v) is 16.2. The lowest BCUT2D eigenvalue weighted by Crippen LogP contribution is -2.45. The number of amides is 1. The molecule has 5 nitrogen and oxygen atoms in total. The number of nitrogens with one attached hydrogen (secondary N) is 1. The molecule has 1 unspecified atom stereocenters. The van der Waals surface area contributed by atoms with Gasteiger partial charge in [-0.1, -0.05) is 32.0 Å². The molecule has 0 saturated carbocycles. The van der Waals surface area contributed by atoms with Crippen LogP contribution < -0.4 is 5.32 Å². The number of hydrogen-bond donors (Lipinski definition) is 1. The van der Waals surface area contributed by atoms with Gasteiger partial charge >= 0.3 is 0 Å². The minimum absolute atomic E-state index is 0.0106. The van der Waals surface area contributed by atoms with Crippen molar-refractivity contribution in [3.05, 3.63) is 59.7 Å². The number of nitrogens with zero attached hydrogens (tertiary/aromatic N) is 3. The number of halogens is 1. The molecule has 1 N–H and O–H groups in total. The molecule has 0 saturated heterocycles. The molecule has 1 aromatic carbocycles. The summed E-state index contributed by atoms with van der Waals surface area (Å²) in [6.45, 7) is 9.45. The van der Waals surface area contributed by atoms with Crippen molar-refractivity contribution in [3.63, 3.8) is 0 Å². The summed E-state index contributed by atoms with van der Waals surface area (Å²) in [5, 5.41) is 3.01. The van der Waals surface area contributed by atoms with E-state index >= 15 is 0 Å². The fraction of sp³-hybridized carbons (Fsp3) is 0.476. The monoisotopic (exact) mass is 372 g/mol. The first-order chi connectivity index (χ1) is 13.1. The van der Waals surface area contributed by atoms with E-state index in [0.29, 0.717) is 18.7 Å². The Bertz CT molecular complexity index is 756. The van der Waals surface area contributed by atoms with Crippen LogP contribution in [-0.2, 0) is 11.3 Å². The highest BCUT2D eigenvalue weighted by molar-refractivity contribution is 5.78. The molecule has 2 aromatic rings. The average molecular weight is 372 g/mol. The summed E-state index contributed by atoms with van der Waals surface area (Å²) in [6.07, 6.45) is 2.02. The molecule has 0 radical (unpaired) electrons. The first-order valence-corrected chi connectivity index (χ1v) is 9.76. The van der Waals surface area contributed by atoms with Crippen LogP contribution in [0.1, 0.15) is 31.1 Å². The SMILES string of the molecule is CCN(CC)CCNC(=O)CN1CCn2cccc2C1c1ccccc1F. The summed E-state index contributed by atoms with van der Waals surface area (Å²) in [6, 6.07) is 10.6. The van der Waals surface area contributed by atoms with E-state index in [9.17, 15) is 9.18 Å². The molecule has 6 heteroatoms. The van der Waals surface area contributed by atoms with Crippen molar-refractivity contribution in [2.75, 3.05) is 39.3 Å². The van der Waals surface area contributed by atoms with E-state index in [4.69, 9.17) is 0 Å². The Balaban J connectivity index is 1.70. The minimum atomic E-state index is -0.247. The second kappa shape index (κ2) is 9.15. The molecule has 1 amide bonds. The lowest BCUT2D eigenvalue weighted by atomic mass is 9.99. The van der Waals surface area contributed by atoms with Crippen molar-refractivity contribution in [3.8, 4) is 0 Å². The fourth-order valence-corrected chi connectivity index (χ4v) is 3.79. The molecule has 27 heavy (non-hydrogen) atoms. The minimum Gasteiger partial charge on any atom is -0.354 e. The van der Waals surface area contributed by atoms with E-state index in [2.05, 4.69) is 33.5 Å². The van der Waals surface area contributed by atoms with Crippen LogP contribution in [-0.4, -0.2) is 59.5 Å². The number of fused-ring (bicyclic) bond motifs is 1. The Morgan fingerprint density at radius 2 is 1.96 bits per heavy atom. The van der Waals surface area contributed by atoms with E-state index < -0.39 is 0 Å². The Labute approximate surface area is 160 Å². The van der Waals surface area contributed by atoms with Crippen LogP contribution in [0, 0.1) is 5.82 Å². The average Bonchev–Trinajstić information content (AvgIpc) is 3.15. The number of carbonyl (C=O) groups excluding carboxylic acids is 1. The van der Waals surface area contributed by atoms with Gasteiger partial charge in [-0.15, -0.1) is 0 Å². The normalized spacial score (nSPS) is 17.1. The van der Waals surface area contributed by atoms with Crippen LogP contribution >= 0.6 is 0 Å². The van der Waals surface area contributed by atoms with Crippen LogP contribution in [0.25, 0.3) is 0 Å². The highest BCUT2D eigenvalue weighted by Gasteiger charge is 2.31. The van der Waals surface area contributed by atoms with Gasteiger partial charge in [-0.05, 0) is 31.3 Å². The number of benzene rings is 1. The maximum Gasteiger partial charge on any atom is 0.234 e. The largest absolute Gasteiger partial charge is 0.354 e. The van der Waals surface area contributed by atoms with Gasteiger partial charge in [-0.25, -0.2) is 4.39 Å². The molecule has 1 aliphatic rings.